The fraction of sp³-hybridized carbons (Fsp3) is 0.429. The van der Waals surface area contributed by atoms with Gasteiger partial charge in [0.1, 0.15) is 43.8 Å². The van der Waals surface area contributed by atoms with Gasteiger partial charge in [0.25, 0.3) is 10.1 Å². The van der Waals surface area contributed by atoms with Gasteiger partial charge in [-0.05, 0) is 61.6 Å². The minimum absolute atomic E-state index is 0. The van der Waals surface area contributed by atoms with Crippen LogP contribution in [0.3, 0.4) is 0 Å². The van der Waals surface area contributed by atoms with Gasteiger partial charge in [-0.25, -0.2) is 8.42 Å². The van der Waals surface area contributed by atoms with Crippen molar-refractivity contribution < 1.29 is 45.6 Å². The summed E-state index contributed by atoms with van der Waals surface area (Å²) >= 11 is 0. The Morgan fingerprint density at radius 3 is 1.40 bits per heavy atom. The van der Waals surface area contributed by atoms with Crippen LogP contribution in [0.25, 0.3) is 0 Å². The van der Waals surface area contributed by atoms with Crippen molar-refractivity contribution in [2.24, 2.45) is 0 Å². The van der Waals surface area contributed by atoms with Gasteiger partial charge in [-0.3, -0.25) is 4.55 Å². The molecule has 296 valence electrons. The second-order valence-electron chi connectivity index (χ2n) is 13.3. The van der Waals surface area contributed by atoms with E-state index in [1.165, 1.54) is 57.4 Å². The average molecular weight is 823 g/mol. The Balaban J connectivity index is 0.000000373. The maximum atomic E-state index is 12.4. The summed E-state index contributed by atoms with van der Waals surface area (Å²) in [5.74, 6) is 0.767. The van der Waals surface area contributed by atoms with Gasteiger partial charge >= 0.3 is 37.7 Å². The third kappa shape index (κ3) is 17.9. The summed E-state index contributed by atoms with van der Waals surface area (Å²) in [6.45, 7) is 4.36. The monoisotopic (exact) mass is 822 g/mol. The standard InChI is InChI=1S/2C21H28O5S.Ca/c2*1-2-3-4-5-6-7-11-14-19-20(22)15-18(27(23,24)25)16-21(19)26-17-12-9-8-10-13-17;/h2*8-10,12-13,15-16,22H,2-7,11,14H2,1H3,(H,23,24,25);/q;;+2/p-2. The number of para-hydroxylation sites is 2. The van der Waals surface area contributed by atoms with Crippen LogP contribution in [0.2, 0.25) is 0 Å². The molecule has 4 aromatic carbocycles. The van der Waals surface area contributed by atoms with Crippen molar-refractivity contribution in [1.29, 1.82) is 0 Å². The zero-order valence-electron chi connectivity index (χ0n) is 32.1. The first-order valence-electron chi connectivity index (χ1n) is 18.9. The van der Waals surface area contributed by atoms with E-state index in [9.17, 15) is 36.2 Å². The number of aromatic hydroxyl groups is 1. The Morgan fingerprint density at radius 2 is 0.964 bits per heavy atom. The molecule has 0 aromatic heterocycles. The first kappa shape index (κ1) is 48.3. The van der Waals surface area contributed by atoms with Crippen LogP contribution in [0, 0.1) is 0 Å². The number of hydrogen-bond acceptors (Lipinski definition) is 9. The molecule has 0 heterocycles. The Hall–Kier alpha value is -2.84. The summed E-state index contributed by atoms with van der Waals surface area (Å²) in [6, 6.07) is 22.1. The molecule has 55 heavy (non-hydrogen) atoms. The molecule has 0 bridgehead atoms. The largest absolute Gasteiger partial charge is 2.00 e. The van der Waals surface area contributed by atoms with Crippen molar-refractivity contribution in [2.45, 2.75) is 126 Å². The van der Waals surface area contributed by atoms with Crippen LogP contribution in [-0.4, -0.2) is 68.8 Å². The second kappa shape index (κ2) is 25.4. The molecular weight excluding hydrogens is 769 g/mol. The zero-order valence-corrected chi connectivity index (χ0v) is 35.9. The van der Waals surface area contributed by atoms with E-state index >= 15 is 0 Å². The van der Waals surface area contributed by atoms with Gasteiger partial charge in [-0.15, -0.1) is 5.75 Å². The van der Waals surface area contributed by atoms with E-state index in [1.807, 2.05) is 12.1 Å². The number of phenolic OH excluding ortho intramolecular Hbond substituents is 1. The summed E-state index contributed by atoms with van der Waals surface area (Å²) in [5, 5.41) is 22.8. The summed E-state index contributed by atoms with van der Waals surface area (Å²) in [6.07, 6.45) is 16.8. The van der Waals surface area contributed by atoms with Gasteiger partial charge in [-0.1, -0.05) is 133 Å². The first-order valence-corrected chi connectivity index (χ1v) is 21.8. The number of unbranched alkanes of at least 4 members (excludes halogenated alkanes) is 12. The molecule has 4 rings (SSSR count). The minimum Gasteiger partial charge on any atom is -0.872 e. The van der Waals surface area contributed by atoms with E-state index in [4.69, 9.17) is 9.47 Å². The molecule has 0 saturated heterocycles. The zero-order chi connectivity index (χ0) is 39.4. The summed E-state index contributed by atoms with van der Waals surface area (Å²) in [7, 11) is -9.16. The summed E-state index contributed by atoms with van der Waals surface area (Å²) in [4.78, 5) is -0.934. The molecule has 0 fully saturated rings. The van der Waals surface area contributed by atoms with E-state index in [2.05, 4.69) is 13.8 Å². The number of benzene rings is 4. The number of phenols is 1. The molecule has 0 saturated carbocycles. The molecule has 0 spiro atoms. The van der Waals surface area contributed by atoms with E-state index in [0.717, 1.165) is 56.7 Å². The quantitative estimate of drug-likeness (QED) is 0.0441. The first-order chi connectivity index (χ1) is 25.8. The molecule has 13 heteroatoms. The van der Waals surface area contributed by atoms with Gasteiger partial charge < -0.3 is 24.2 Å². The third-order valence-electron chi connectivity index (χ3n) is 8.89. The smallest absolute Gasteiger partial charge is 0.872 e. The van der Waals surface area contributed by atoms with E-state index < -0.39 is 30.9 Å². The average Bonchev–Trinajstić information content (AvgIpc) is 3.13. The molecule has 0 amide bonds. The Bertz CT molecular complexity index is 1780. The predicted octanol–water partition coefficient (Wildman–Crippen LogP) is 10.1. The topological polar surface area (TPSA) is 173 Å². The van der Waals surface area contributed by atoms with Crippen molar-refractivity contribution in [3.8, 4) is 34.5 Å². The maximum absolute atomic E-state index is 12.4. The fourth-order valence-electron chi connectivity index (χ4n) is 5.92. The van der Waals surface area contributed by atoms with Gasteiger partial charge in [0.05, 0.1) is 4.90 Å². The molecule has 10 nitrogen and oxygen atoms in total. The van der Waals surface area contributed by atoms with Crippen molar-refractivity contribution >= 4 is 58.0 Å². The Labute approximate surface area is 357 Å². The van der Waals surface area contributed by atoms with Crippen LogP contribution >= 0.6 is 0 Å². The van der Waals surface area contributed by atoms with E-state index in [-0.39, 0.29) is 59.9 Å². The van der Waals surface area contributed by atoms with Crippen molar-refractivity contribution in [2.75, 3.05) is 0 Å². The number of ether oxygens (including phenoxy) is 2. The molecule has 0 aliphatic rings. The van der Waals surface area contributed by atoms with Gasteiger partial charge in [0.2, 0.25) is 0 Å². The second-order valence-corrected chi connectivity index (χ2v) is 16.1. The number of hydrogen-bond donors (Lipinski definition) is 2. The molecule has 0 radical (unpaired) electrons. The van der Waals surface area contributed by atoms with Crippen LogP contribution in [-0.2, 0) is 33.1 Å². The van der Waals surface area contributed by atoms with Crippen LogP contribution in [0.5, 0.6) is 34.5 Å². The molecule has 0 aliphatic heterocycles. The van der Waals surface area contributed by atoms with Crippen molar-refractivity contribution in [3.05, 3.63) is 96.1 Å². The van der Waals surface area contributed by atoms with Crippen LogP contribution in [0.1, 0.15) is 115 Å². The molecule has 0 aliphatic carbocycles. The van der Waals surface area contributed by atoms with Gasteiger partial charge in [0, 0.05) is 17.7 Å². The molecule has 0 atom stereocenters. The maximum Gasteiger partial charge on any atom is 2.00 e. The Kier molecular flexibility index (Phi) is 22.3. The molecule has 4 aromatic rings. The molecule has 2 N–H and O–H groups in total. The van der Waals surface area contributed by atoms with Gasteiger partial charge in [0.15, 0.2) is 0 Å². The Morgan fingerprint density at radius 1 is 0.564 bits per heavy atom. The van der Waals surface area contributed by atoms with Gasteiger partial charge in [-0.2, -0.15) is 8.42 Å². The SMILES string of the molecule is CCCCCCCCCc1c(O)cc(S(=O)(=O)O)cc1Oc1ccccc1.CCCCCCCCCc1c([O-])cc(S(=O)(=O)[O-])cc1Oc1ccccc1.[Ca+2]. The van der Waals surface area contributed by atoms with Crippen LogP contribution in [0.15, 0.2) is 94.7 Å². The third-order valence-corrected chi connectivity index (χ3v) is 10.5. The van der Waals surface area contributed by atoms with Crippen molar-refractivity contribution in [1.82, 2.24) is 0 Å². The van der Waals surface area contributed by atoms with Crippen LogP contribution < -0.4 is 14.6 Å². The van der Waals surface area contributed by atoms with E-state index in [1.54, 1.807) is 48.5 Å². The fourth-order valence-corrected chi connectivity index (χ4v) is 6.94. The summed E-state index contributed by atoms with van der Waals surface area (Å²) in [5.41, 5.74) is 0.972. The minimum atomic E-state index is -4.72. The van der Waals surface area contributed by atoms with E-state index in [0.29, 0.717) is 35.5 Å². The normalized spacial score (nSPS) is 11.3. The van der Waals surface area contributed by atoms with Crippen LogP contribution in [0.4, 0.5) is 0 Å². The van der Waals surface area contributed by atoms with Crippen molar-refractivity contribution in [3.63, 3.8) is 0 Å². The molecular formula is C42H54CaO10S2. The summed E-state index contributed by atoms with van der Waals surface area (Å²) < 4.78 is 77.8. The number of rotatable bonds is 22. The predicted molar refractivity (Wildman–Crippen MR) is 214 cm³/mol. The molecule has 0 unspecified atom stereocenters.